The van der Waals surface area contributed by atoms with Crippen LogP contribution in [0.2, 0.25) is 0 Å². The van der Waals surface area contributed by atoms with Crippen LogP contribution in [0.5, 0.6) is 0 Å². The average molecular weight is 226 g/mol. The lowest BCUT2D eigenvalue weighted by molar-refractivity contribution is -0.709. The number of aromatic nitrogens is 2. The molecule has 0 saturated heterocycles. The first-order chi connectivity index (χ1) is 7.70. The molecular weight excluding hydrogens is 212 g/mol. The lowest BCUT2D eigenvalue weighted by Crippen LogP contribution is -2.38. The van der Waals surface area contributed by atoms with Crippen LogP contribution < -0.4 is 15.5 Å². The van der Waals surface area contributed by atoms with E-state index in [4.69, 9.17) is 4.42 Å². The largest absolute Gasteiger partial charge is 0.690 e. The van der Waals surface area contributed by atoms with Gasteiger partial charge in [-0.15, -0.1) is 4.85 Å². The quantitative estimate of drug-likeness (QED) is 0.410. The van der Waals surface area contributed by atoms with Gasteiger partial charge in [0.25, 0.3) is 5.58 Å². The Morgan fingerprint density at radius 3 is 2.75 bits per heavy atom. The number of nitrogens with zero attached hydrogens (tertiary/aromatic N) is 2. The fraction of sp³-hybridized carbons (Fsp3) is 0.444. The van der Waals surface area contributed by atoms with E-state index in [1.165, 1.54) is 6.26 Å². The highest BCUT2D eigenvalue weighted by molar-refractivity contribution is 5.92. The van der Waals surface area contributed by atoms with E-state index in [9.17, 15) is 10.4 Å². The Morgan fingerprint density at radius 1 is 1.44 bits per heavy atom. The van der Waals surface area contributed by atoms with Crippen molar-refractivity contribution in [1.29, 1.82) is 0 Å². The van der Waals surface area contributed by atoms with Crippen molar-refractivity contribution >= 4 is 22.6 Å². The lowest BCUT2D eigenvalue weighted by Gasteiger charge is -2.04. The summed E-state index contributed by atoms with van der Waals surface area (Å²) in [4.78, 5) is 0.882. The van der Waals surface area contributed by atoms with Crippen molar-refractivity contribution in [3.05, 3.63) is 11.5 Å². The van der Waals surface area contributed by atoms with Gasteiger partial charge < -0.3 is 20.1 Å². The summed E-state index contributed by atoms with van der Waals surface area (Å²) in [7, 11) is 0. The number of hydrogen-bond acceptors (Lipinski definition) is 5. The smallest absolute Gasteiger partial charge is 0.346 e. The summed E-state index contributed by atoms with van der Waals surface area (Å²) in [6.07, 6.45) is 1.47. The van der Waals surface area contributed by atoms with Crippen molar-refractivity contribution in [1.82, 2.24) is 4.85 Å². The molecule has 0 aliphatic heterocycles. The van der Waals surface area contributed by atoms with Crippen LogP contribution in [0.3, 0.4) is 0 Å². The fourth-order valence-corrected chi connectivity index (χ4v) is 1.62. The summed E-state index contributed by atoms with van der Waals surface area (Å²) in [6, 6.07) is 0. The van der Waals surface area contributed by atoms with Crippen molar-refractivity contribution in [3.63, 3.8) is 0 Å². The molecule has 16 heavy (non-hydrogen) atoms. The van der Waals surface area contributed by atoms with Gasteiger partial charge in [0.15, 0.2) is 5.52 Å². The molecule has 7 nitrogen and oxygen atoms in total. The predicted octanol–water partition coefficient (Wildman–Crippen LogP) is 0.969. The Balaban J connectivity index is 2.61. The second-order valence-corrected chi connectivity index (χ2v) is 3.30. The second-order valence-electron chi connectivity index (χ2n) is 3.30. The maximum Gasteiger partial charge on any atom is 0.346 e. The summed E-state index contributed by atoms with van der Waals surface area (Å²) in [5.41, 5.74) is 1.27. The van der Waals surface area contributed by atoms with Crippen LogP contribution in [-0.2, 0) is 0 Å². The molecule has 0 spiro atoms. The van der Waals surface area contributed by atoms with Crippen molar-refractivity contribution in [2.45, 2.75) is 13.8 Å². The van der Waals surface area contributed by atoms with Gasteiger partial charge in [0, 0.05) is 6.54 Å². The molecule has 0 radical (unpaired) electrons. The molecule has 88 valence electrons. The number of rotatable bonds is 4. The van der Waals surface area contributed by atoms with Crippen LogP contribution >= 0.6 is 0 Å². The molecule has 7 heteroatoms. The van der Waals surface area contributed by atoms with Crippen molar-refractivity contribution in [2.24, 2.45) is 0 Å². The molecule has 3 N–H and O–H groups in total. The van der Waals surface area contributed by atoms with Gasteiger partial charge in [0.2, 0.25) is 0 Å². The zero-order chi connectivity index (χ0) is 11.7. The molecule has 0 aliphatic carbocycles. The van der Waals surface area contributed by atoms with Crippen molar-refractivity contribution in [2.75, 3.05) is 23.7 Å². The van der Waals surface area contributed by atoms with E-state index in [-0.39, 0.29) is 5.82 Å². The minimum atomic E-state index is 0.212. The fourth-order valence-electron chi connectivity index (χ4n) is 1.62. The first kappa shape index (κ1) is 10.5. The van der Waals surface area contributed by atoms with E-state index in [0.717, 1.165) is 0 Å². The molecule has 0 saturated carbocycles. The zero-order valence-corrected chi connectivity index (χ0v) is 9.15. The lowest BCUT2D eigenvalue weighted by atomic mass is 10.4. The Bertz CT molecular complexity index is 502. The summed E-state index contributed by atoms with van der Waals surface area (Å²) >= 11 is 0. The van der Waals surface area contributed by atoms with E-state index in [1.807, 2.05) is 13.8 Å². The Kier molecular flexibility index (Phi) is 2.51. The first-order valence-electron chi connectivity index (χ1n) is 5.13. The third-order valence-electron chi connectivity index (χ3n) is 2.25. The van der Waals surface area contributed by atoms with Crippen LogP contribution in [0.1, 0.15) is 13.8 Å². The molecular formula is C9H14N4O3. The summed E-state index contributed by atoms with van der Waals surface area (Å²) in [5.74, 6) is 0.212. The molecule has 2 aromatic heterocycles. The normalized spacial score (nSPS) is 10.9. The van der Waals surface area contributed by atoms with Gasteiger partial charge >= 0.3 is 5.82 Å². The van der Waals surface area contributed by atoms with E-state index in [0.29, 0.717) is 39.6 Å². The van der Waals surface area contributed by atoms with Crippen LogP contribution in [0.4, 0.5) is 11.5 Å². The zero-order valence-electron chi connectivity index (χ0n) is 9.15. The maximum absolute atomic E-state index is 11.6. The highest BCUT2D eigenvalue weighted by Gasteiger charge is 2.24. The third kappa shape index (κ3) is 1.32. The number of anilines is 2. The third-order valence-corrected chi connectivity index (χ3v) is 2.25. The van der Waals surface area contributed by atoms with Crippen molar-refractivity contribution in [3.8, 4) is 0 Å². The Morgan fingerprint density at radius 2 is 2.12 bits per heavy atom. The van der Waals surface area contributed by atoms with Crippen LogP contribution in [0, 0.1) is 5.21 Å². The monoisotopic (exact) mass is 226 g/mol. The highest BCUT2D eigenvalue weighted by atomic mass is 16.6. The molecule has 0 unspecified atom stereocenters. The predicted molar refractivity (Wildman–Crippen MR) is 58.7 cm³/mol. The molecule has 2 aromatic rings. The molecule has 0 bridgehead atoms. The van der Waals surface area contributed by atoms with E-state index >= 15 is 0 Å². The van der Waals surface area contributed by atoms with Gasteiger partial charge in [0.05, 0.1) is 6.54 Å². The Hall–Kier alpha value is -2.05. The minimum Gasteiger partial charge on any atom is -0.690 e. The van der Waals surface area contributed by atoms with Gasteiger partial charge in [-0.05, 0) is 18.7 Å². The molecule has 0 aromatic carbocycles. The van der Waals surface area contributed by atoms with Crippen LogP contribution in [0.25, 0.3) is 11.1 Å². The highest BCUT2D eigenvalue weighted by Crippen LogP contribution is 2.29. The number of furan rings is 1. The van der Waals surface area contributed by atoms with Gasteiger partial charge in [-0.25, -0.2) is 0 Å². The molecule has 2 rings (SSSR count). The van der Waals surface area contributed by atoms with Gasteiger partial charge in [-0.3, -0.25) is 5.32 Å². The topological polar surface area (TPSA) is 89.3 Å². The molecule has 2 heterocycles. The molecule has 0 atom stereocenters. The number of hydrogen-bond donors (Lipinski definition) is 3. The maximum atomic E-state index is 11.6. The van der Waals surface area contributed by atoms with E-state index in [1.54, 1.807) is 0 Å². The Labute approximate surface area is 91.8 Å². The van der Waals surface area contributed by atoms with Crippen molar-refractivity contribution < 1.29 is 14.5 Å². The average Bonchev–Trinajstić information content (AvgIpc) is 2.76. The summed E-state index contributed by atoms with van der Waals surface area (Å²) in [5, 5.41) is 27.0. The van der Waals surface area contributed by atoms with E-state index in [2.05, 4.69) is 10.6 Å². The summed E-state index contributed by atoms with van der Waals surface area (Å²) in [6.45, 7) is 5.02. The second kappa shape index (κ2) is 3.84. The van der Waals surface area contributed by atoms with Crippen LogP contribution in [0.15, 0.2) is 10.7 Å². The number of fused-ring (bicyclic) bond motifs is 1. The standard InChI is InChI=1S/C9H14N4O3/c1-3-10-6-5-16-8-7(6)12(14)13(15)9(8)11-4-2/h5,10-11,14H,3-4H2,1-2H3. The summed E-state index contributed by atoms with van der Waals surface area (Å²) < 4.78 is 5.26. The molecule has 0 aliphatic rings. The van der Waals surface area contributed by atoms with Crippen LogP contribution in [-0.4, -0.2) is 23.1 Å². The van der Waals surface area contributed by atoms with Gasteiger partial charge in [-0.1, -0.05) is 0 Å². The van der Waals surface area contributed by atoms with Gasteiger partial charge in [-0.2, -0.15) is 0 Å². The molecule has 0 fully saturated rings. The first-order valence-corrected chi connectivity index (χ1v) is 5.13. The molecule has 0 amide bonds. The SMILES string of the molecule is CCNc1coc2c(NCC)[n+]([O-])n(O)c12. The van der Waals surface area contributed by atoms with E-state index < -0.39 is 0 Å². The number of nitrogens with one attached hydrogen (secondary N) is 2. The minimum absolute atomic E-state index is 0.212. The van der Waals surface area contributed by atoms with Gasteiger partial charge in [0.1, 0.15) is 12.0 Å².